The van der Waals surface area contributed by atoms with Crippen molar-refractivity contribution in [2.45, 2.75) is 31.7 Å². The normalized spacial score (nSPS) is 11.8. The van der Waals surface area contributed by atoms with Gasteiger partial charge in [-0.15, -0.1) is 0 Å². The maximum absolute atomic E-state index is 13.6. The summed E-state index contributed by atoms with van der Waals surface area (Å²) < 4.78 is 45.4. The SMILES string of the molecule is CCNCc1cc(S(=O)(=O)NCCCOCC)ccc1F. The number of halogens is 1. The van der Waals surface area contributed by atoms with E-state index in [-0.39, 0.29) is 4.90 Å². The van der Waals surface area contributed by atoms with Gasteiger partial charge < -0.3 is 10.1 Å². The lowest BCUT2D eigenvalue weighted by atomic mass is 10.2. The van der Waals surface area contributed by atoms with Crippen LogP contribution >= 0.6 is 0 Å². The van der Waals surface area contributed by atoms with Crippen molar-refractivity contribution in [2.75, 3.05) is 26.3 Å². The van der Waals surface area contributed by atoms with Crippen molar-refractivity contribution in [1.82, 2.24) is 10.0 Å². The Labute approximate surface area is 125 Å². The van der Waals surface area contributed by atoms with Gasteiger partial charge in [0, 0.05) is 31.9 Å². The molecule has 1 rings (SSSR count). The lowest BCUT2D eigenvalue weighted by Crippen LogP contribution is -2.26. The van der Waals surface area contributed by atoms with Gasteiger partial charge in [-0.05, 0) is 38.1 Å². The van der Waals surface area contributed by atoms with Crippen LogP contribution in [0, 0.1) is 5.82 Å². The number of ether oxygens (including phenoxy) is 1. The van der Waals surface area contributed by atoms with Crippen LogP contribution in [0.1, 0.15) is 25.8 Å². The minimum absolute atomic E-state index is 0.0770. The molecule has 7 heteroatoms. The number of nitrogens with one attached hydrogen (secondary N) is 2. The van der Waals surface area contributed by atoms with Crippen LogP contribution in [0.15, 0.2) is 23.1 Å². The Bertz CT molecular complexity index is 535. The molecule has 1 aromatic rings. The summed E-state index contributed by atoms with van der Waals surface area (Å²) in [6.45, 7) is 6.18. The second kappa shape index (κ2) is 9.09. The van der Waals surface area contributed by atoms with E-state index in [9.17, 15) is 12.8 Å². The summed E-state index contributed by atoms with van der Waals surface area (Å²) in [5.74, 6) is -0.411. The van der Waals surface area contributed by atoms with E-state index in [0.29, 0.717) is 44.8 Å². The molecular weight excluding hydrogens is 295 g/mol. The first-order valence-electron chi connectivity index (χ1n) is 7.07. The minimum atomic E-state index is -3.61. The Balaban J connectivity index is 2.69. The van der Waals surface area contributed by atoms with Gasteiger partial charge in [-0.1, -0.05) is 6.92 Å². The first kappa shape index (κ1) is 18.0. The number of sulfonamides is 1. The van der Waals surface area contributed by atoms with Crippen molar-refractivity contribution in [3.8, 4) is 0 Å². The number of benzene rings is 1. The Morgan fingerprint density at radius 3 is 2.71 bits per heavy atom. The van der Waals surface area contributed by atoms with E-state index in [2.05, 4.69) is 10.0 Å². The van der Waals surface area contributed by atoms with Gasteiger partial charge in [0.15, 0.2) is 0 Å². The molecule has 0 bridgehead atoms. The quantitative estimate of drug-likeness (QED) is 0.644. The largest absolute Gasteiger partial charge is 0.382 e. The van der Waals surface area contributed by atoms with Gasteiger partial charge in [0.1, 0.15) is 5.82 Å². The van der Waals surface area contributed by atoms with Crippen molar-refractivity contribution in [2.24, 2.45) is 0 Å². The molecule has 0 aromatic heterocycles. The van der Waals surface area contributed by atoms with Crippen molar-refractivity contribution >= 4 is 10.0 Å². The third kappa shape index (κ3) is 6.09. The molecular formula is C14H23FN2O3S. The summed E-state index contributed by atoms with van der Waals surface area (Å²) in [5.41, 5.74) is 0.342. The molecule has 2 N–H and O–H groups in total. The molecule has 0 aliphatic rings. The molecule has 0 atom stereocenters. The molecule has 0 heterocycles. The summed E-state index contributed by atoms with van der Waals surface area (Å²) in [5, 5.41) is 2.98. The third-order valence-electron chi connectivity index (χ3n) is 2.85. The summed E-state index contributed by atoms with van der Waals surface area (Å²) in [4.78, 5) is 0.0770. The van der Waals surface area contributed by atoms with Crippen LogP contribution in [0.2, 0.25) is 0 Å². The van der Waals surface area contributed by atoms with Gasteiger partial charge in [-0.3, -0.25) is 0 Å². The monoisotopic (exact) mass is 318 g/mol. The number of hydrogen-bond donors (Lipinski definition) is 2. The molecule has 0 fully saturated rings. The Morgan fingerprint density at radius 1 is 1.29 bits per heavy atom. The molecule has 0 aliphatic carbocycles. The maximum Gasteiger partial charge on any atom is 0.240 e. The van der Waals surface area contributed by atoms with E-state index >= 15 is 0 Å². The van der Waals surface area contributed by atoms with E-state index in [1.54, 1.807) is 0 Å². The highest BCUT2D eigenvalue weighted by Gasteiger charge is 2.15. The zero-order valence-corrected chi connectivity index (χ0v) is 13.3. The molecule has 0 spiro atoms. The predicted molar refractivity (Wildman–Crippen MR) is 80.1 cm³/mol. The highest BCUT2D eigenvalue weighted by atomic mass is 32.2. The summed E-state index contributed by atoms with van der Waals surface area (Å²) in [6, 6.07) is 3.82. The van der Waals surface area contributed by atoms with Gasteiger partial charge in [0.25, 0.3) is 0 Å². The topological polar surface area (TPSA) is 67.4 Å². The first-order valence-corrected chi connectivity index (χ1v) is 8.56. The second-order valence-electron chi connectivity index (χ2n) is 4.48. The number of rotatable bonds is 10. The highest BCUT2D eigenvalue weighted by Crippen LogP contribution is 2.15. The molecule has 0 aliphatic heterocycles. The van der Waals surface area contributed by atoms with E-state index in [1.165, 1.54) is 18.2 Å². The molecule has 0 unspecified atom stereocenters. The first-order chi connectivity index (χ1) is 10.0. The second-order valence-corrected chi connectivity index (χ2v) is 6.25. The van der Waals surface area contributed by atoms with Crippen LogP contribution in [0.4, 0.5) is 4.39 Å². The molecule has 5 nitrogen and oxygen atoms in total. The minimum Gasteiger partial charge on any atom is -0.382 e. The van der Waals surface area contributed by atoms with Crippen LogP contribution < -0.4 is 10.0 Å². The Hall–Kier alpha value is -1.02. The highest BCUT2D eigenvalue weighted by molar-refractivity contribution is 7.89. The van der Waals surface area contributed by atoms with Crippen LogP contribution in [0.3, 0.4) is 0 Å². The van der Waals surface area contributed by atoms with E-state index in [4.69, 9.17) is 4.74 Å². The predicted octanol–water partition coefficient (Wildman–Crippen LogP) is 1.64. The summed E-state index contributed by atoms with van der Waals surface area (Å²) in [7, 11) is -3.61. The van der Waals surface area contributed by atoms with Crippen molar-refractivity contribution in [1.29, 1.82) is 0 Å². The molecule has 0 amide bonds. The average molecular weight is 318 g/mol. The third-order valence-corrected chi connectivity index (χ3v) is 4.31. The van der Waals surface area contributed by atoms with Gasteiger partial charge >= 0.3 is 0 Å². The van der Waals surface area contributed by atoms with Gasteiger partial charge in [0.2, 0.25) is 10.0 Å². The lowest BCUT2D eigenvalue weighted by molar-refractivity contribution is 0.146. The summed E-state index contributed by atoms with van der Waals surface area (Å²) in [6.07, 6.45) is 0.596. The van der Waals surface area contributed by atoms with Crippen LogP contribution in [-0.4, -0.2) is 34.7 Å². The van der Waals surface area contributed by atoms with Crippen LogP contribution in [-0.2, 0) is 21.3 Å². The summed E-state index contributed by atoms with van der Waals surface area (Å²) >= 11 is 0. The van der Waals surface area contributed by atoms with Crippen LogP contribution in [0.25, 0.3) is 0 Å². The van der Waals surface area contributed by atoms with Crippen molar-refractivity contribution in [3.63, 3.8) is 0 Å². The van der Waals surface area contributed by atoms with E-state index in [1.807, 2.05) is 13.8 Å². The Kier molecular flexibility index (Phi) is 7.81. The zero-order valence-electron chi connectivity index (χ0n) is 12.5. The smallest absolute Gasteiger partial charge is 0.240 e. The Morgan fingerprint density at radius 2 is 2.05 bits per heavy atom. The van der Waals surface area contributed by atoms with E-state index in [0.717, 1.165) is 0 Å². The molecule has 1 aromatic carbocycles. The van der Waals surface area contributed by atoms with Crippen molar-refractivity contribution in [3.05, 3.63) is 29.6 Å². The molecule has 0 radical (unpaired) electrons. The number of hydrogen-bond acceptors (Lipinski definition) is 4. The molecule has 0 saturated carbocycles. The average Bonchev–Trinajstić information content (AvgIpc) is 2.46. The van der Waals surface area contributed by atoms with Gasteiger partial charge in [-0.25, -0.2) is 17.5 Å². The standard InChI is InChI=1S/C14H23FN2O3S/c1-3-16-11-12-10-13(6-7-14(12)15)21(18,19)17-8-5-9-20-4-2/h6-7,10,16-17H,3-5,8-9,11H2,1-2H3. The van der Waals surface area contributed by atoms with Crippen LogP contribution in [0.5, 0.6) is 0 Å². The lowest BCUT2D eigenvalue weighted by Gasteiger charge is -2.09. The fourth-order valence-corrected chi connectivity index (χ4v) is 2.85. The van der Waals surface area contributed by atoms with E-state index < -0.39 is 15.8 Å². The zero-order chi connectivity index (χ0) is 15.7. The maximum atomic E-state index is 13.6. The molecule has 0 saturated heterocycles. The fourth-order valence-electron chi connectivity index (χ4n) is 1.72. The molecule has 21 heavy (non-hydrogen) atoms. The fraction of sp³-hybridized carbons (Fsp3) is 0.571. The van der Waals surface area contributed by atoms with Gasteiger partial charge in [-0.2, -0.15) is 0 Å². The molecule has 120 valence electrons. The van der Waals surface area contributed by atoms with Gasteiger partial charge in [0.05, 0.1) is 4.90 Å². The van der Waals surface area contributed by atoms with Crippen molar-refractivity contribution < 1.29 is 17.5 Å².